The summed E-state index contributed by atoms with van der Waals surface area (Å²) in [6.45, 7) is 2.33. The zero-order valence-corrected chi connectivity index (χ0v) is 13.7. The molecule has 0 amide bonds. The van der Waals surface area contributed by atoms with Crippen LogP contribution >= 0.6 is 0 Å². The molecule has 24 heavy (non-hydrogen) atoms. The van der Waals surface area contributed by atoms with Gasteiger partial charge in [0.05, 0.1) is 18.7 Å². The Kier molecular flexibility index (Phi) is 4.59. The highest BCUT2D eigenvalue weighted by atomic mass is 16.7. The Hall–Kier alpha value is -2.70. The highest BCUT2D eigenvalue weighted by molar-refractivity contribution is 5.70. The maximum absolute atomic E-state index is 12.0. The van der Waals surface area contributed by atoms with Crippen molar-refractivity contribution in [3.8, 4) is 17.4 Å². The first-order valence-corrected chi connectivity index (χ1v) is 7.84. The lowest BCUT2D eigenvalue weighted by Crippen LogP contribution is -2.13. The third-order valence-electron chi connectivity index (χ3n) is 3.95. The van der Waals surface area contributed by atoms with Crippen molar-refractivity contribution in [2.24, 2.45) is 7.05 Å². The molecule has 2 aromatic rings. The predicted octanol–water partition coefficient (Wildman–Crippen LogP) is 2.13. The summed E-state index contributed by atoms with van der Waals surface area (Å²) in [5.41, 5.74) is 1.65. The molecule has 7 heteroatoms. The third kappa shape index (κ3) is 3.45. The van der Waals surface area contributed by atoms with E-state index in [2.05, 4.69) is 5.10 Å². The molecule has 0 saturated heterocycles. The zero-order valence-electron chi connectivity index (χ0n) is 13.7. The van der Waals surface area contributed by atoms with E-state index in [-0.39, 0.29) is 31.0 Å². The topological polar surface area (TPSA) is 82.8 Å². The second-order valence-corrected chi connectivity index (χ2v) is 5.64. The van der Waals surface area contributed by atoms with Crippen LogP contribution in [0.2, 0.25) is 0 Å². The van der Waals surface area contributed by atoms with Gasteiger partial charge >= 0.3 is 5.97 Å². The highest BCUT2D eigenvalue weighted by Crippen LogP contribution is 2.36. The summed E-state index contributed by atoms with van der Waals surface area (Å²) in [4.78, 5) is 12.0. The number of carbonyl (C=O) groups excluding carboxylic acids is 1. The fourth-order valence-corrected chi connectivity index (χ4v) is 2.76. The second kappa shape index (κ2) is 6.82. The summed E-state index contributed by atoms with van der Waals surface area (Å²) in [7, 11) is 1.67. The first-order chi connectivity index (χ1) is 11.6. The molecular weight excluding hydrogens is 312 g/mol. The molecule has 0 fully saturated rings. The van der Waals surface area contributed by atoms with E-state index in [1.54, 1.807) is 20.0 Å². The van der Waals surface area contributed by atoms with Crippen molar-refractivity contribution in [2.45, 2.75) is 25.7 Å². The summed E-state index contributed by atoms with van der Waals surface area (Å²) in [6, 6.07) is 7.24. The molecule has 1 atom stereocenters. The van der Waals surface area contributed by atoms with Gasteiger partial charge in [-0.15, -0.1) is 0 Å². The van der Waals surface area contributed by atoms with Gasteiger partial charge in [-0.3, -0.25) is 4.79 Å². The molecule has 1 aliphatic heterocycles. The van der Waals surface area contributed by atoms with Crippen molar-refractivity contribution in [1.82, 2.24) is 9.78 Å². The molecule has 0 aliphatic carbocycles. The van der Waals surface area contributed by atoms with Crippen LogP contribution in [0.25, 0.3) is 0 Å². The van der Waals surface area contributed by atoms with Crippen molar-refractivity contribution in [3.63, 3.8) is 0 Å². The lowest BCUT2D eigenvalue weighted by atomic mass is 9.91. The van der Waals surface area contributed by atoms with E-state index in [0.29, 0.717) is 30.2 Å². The Morgan fingerprint density at radius 1 is 1.38 bits per heavy atom. The number of hydrogen-bond acceptors (Lipinski definition) is 6. The number of esters is 1. The van der Waals surface area contributed by atoms with Crippen molar-refractivity contribution in [3.05, 3.63) is 35.5 Å². The standard InChI is InChI=1S/C17H20N2O5/c1-3-22-17(21)8-12(6-13-9-16(20)19(2)18-13)11-4-5-14-15(7-11)24-10-23-14/h4-5,7,9,12,20H,3,6,8,10H2,1-2H3. The van der Waals surface area contributed by atoms with Crippen LogP contribution in [-0.4, -0.2) is 34.3 Å². The van der Waals surface area contributed by atoms with Crippen LogP contribution in [0.1, 0.15) is 30.5 Å². The van der Waals surface area contributed by atoms with Gasteiger partial charge in [0.15, 0.2) is 11.5 Å². The Balaban J connectivity index is 1.84. The summed E-state index contributed by atoms with van der Waals surface area (Å²) in [5.74, 6) is 1.06. The van der Waals surface area contributed by atoms with Crippen LogP contribution in [0.4, 0.5) is 0 Å². The average Bonchev–Trinajstić information content (AvgIpc) is 3.13. The number of nitrogens with zero attached hydrogens (tertiary/aromatic N) is 2. The number of ether oxygens (including phenoxy) is 3. The Labute approximate surface area is 139 Å². The molecular formula is C17H20N2O5. The van der Waals surface area contributed by atoms with E-state index in [0.717, 1.165) is 5.56 Å². The van der Waals surface area contributed by atoms with Crippen LogP contribution in [0.5, 0.6) is 17.4 Å². The van der Waals surface area contributed by atoms with Crippen molar-refractivity contribution in [1.29, 1.82) is 0 Å². The Morgan fingerprint density at radius 3 is 2.88 bits per heavy atom. The monoisotopic (exact) mass is 332 g/mol. The number of carbonyl (C=O) groups is 1. The number of fused-ring (bicyclic) bond motifs is 1. The Morgan fingerprint density at radius 2 is 2.17 bits per heavy atom. The molecule has 0 saturated carbocycles. The minimum Gasteiger partial charge on any atom is -0.493 e. The quantitative estimate of drug-likeness (QED) is 0.816. The highest BCUT2D eigenvalue weighted by Gasteiger charge is 2.22. The van der Waals surface area contributed by atoms with Crippen LogP contribution in [0.15, 0.2) is 24.3 Å². The van der Waals surface area contributed by atoms with E-state index >= 15 is 0 Å². The van der Waals surface area contributed by atoms with Crippen molar-refractivity contribution >= 4 is 5.97 Å². The maximum atomic E-state index is 12.0. The number of hydrogen-bond donors (Lipinski definition) is 1. The molecule has 1 aromatic carbocycles. The van der Waals surface area contributed by atoms with Gasteiger partial charge in [-0.2, -0.15) is 5.10 Å². The first-order valence-electron chi connectivity index (χ1n) is 7.84. The number of benzene rings is 1. The molecule has 128 valence electrons. The van der Waals surface area contributed by atoms with Gasteiger partial charge < -0.3 is 19.3 Å². The molecule has 1 N–H and O–H groups in total. The first kappa shape index (κ1) is 16.2. The lowest BCUT2D eigenvalue weighted by molar-refractivity contribution is -0.143. The Bertz CT molecular complexity index is 721. The molecule has 1 aromatic heterocycles. The van der Waals surface area contributed by atoms with E-state index in [4.69, 9.17) is 14.2 Å². The SMILES string of the molecule is CCOC(=O)CC(Cc1cc(O)n(C)n1)c1ccc2c(c1)OCO2. The smallest absolute Gasteiger partial charge is 0.306 e. The van der Waals surface area contributed by atoms with Gasteiger partial charge in [-0.1, -0.05) is 6.07 Å². The van der Waals surface area contributed by atoms with Gasteiger partial charge in [-0.25, -0.2) is 4.68 Å². The zero-order chi connectivity index (χ0) is 17.1. The molecule has 0 radical (unpaired) electrons. The fraction of sp³-hybridized carbons (Fsp3) is 0.412. The van der Waals surface area contributed by atoms with Crippen molar-refractivity contribution < 1.29 is 24.1 Å². The number of aryl methyl sites for hydroxylation is 1. The fourth-order valence-electron chi connectivity index (χ4n) is 2.76. The molecule has 0 bridgehead atoms. The predicted molar refractivity (Wildman–Crippen MR) is 85.1 cm³/mol. The summed E-state index contributed by atoms with van der Waals surface area (Å²) < 4.78 is 17.2. The minimum atomic E-state index is -0.264. The maximum Gasteiger partial charge on any atom is 0.306 e. The number of rotatable bonds is 6. The normalized spacial score (nSPS) is 13.8. The third-order valence-corrected chi connectivity index (χ3v) is 3.95. The lowest BCUT2D eigenvalue weighted by Gasteiger charge is -2.16. The van der Waals surface area contributed by atoms with E-state index in [1.165, 1.54) is 4.68 Å². The number of aromatic nitrogens is 2. The van der Waals surface area contributed by atoms with Crippen molar-refractivity contribution in [2.75, 3.05) is 13.4 Å². The summed E-state index contributed by atoms with van der Waals surface area (Å²) in [6.07, 6.45) is 0.734. The largest absolute Gasteiger partial charge is 0.493 e. The minimum absolute atomic E-state index is 0.0885. The molecule has 2 heterocycles. The molecule has 3 rings (SSSR count). The van der Waals surface area contributed by atoms with Crippen LogP contribution in [-0.2, 0) is 23.0 Å². The molecule has 1 unspecified atom stereocenters. The molecule has 7 nitrogen and oxygen atoms in total. The molecule has 1 aliphatic rings. The summed E-state index contributed by atoms with van der Waals surface area (Å²) in [5, 5.41) is 13.9. The van der Waals surface area contributed by atoms with Gasteiger partial charge in [0.25, 0.3) is 0 Å². The van der Waals surface area contributed by atoms with E-state index in [9.17, 15) is 9.90 Å². The van der Waals surface area contributed by atoms with Gasteiger partial charge in [-0.05, 0) is 31.0 Å². The summed E-state index contributed by atoms with van der Waals surface area (Å²) >= 11 is 0. The molecule has 0 spiro atoms. The van der Waals surface area contributed by atoms with Gasteiger partial charge in [0.2, 0.25) is 12.7 Å². The van der Waals surface area contributed by atoms with Crippen LogP contribution < -0.4 is 9.47 Å². The van der Waals surface area contributed by atoms with Crippen LogP contribution in [0.3, 0.4) is 0 Å². The number of aromatic hydroxyl groups is 1. The van der Waals surface area contributed by atoms with Gasteiger partial charge in [0.1, 0.15) is 0 Å². The van der Waals surface area contributed by atoms with Gasteiger partial charge in [0, 0.05) is 19.0 Å². The second-order valence-electron chi connectivity index (χ2n) is 5.64. The van der Waals surface area contributed by atoms with E-state index < -0.39 is 0 Å². The van der Waals surface area contributed by atoms with Crippen LogP contribution in [0, 0.1) is 0 Å². The van der Waals surface area contributed by atoms with E-state index in [1.807, 2.05) is 18.2 Å². The average molecular weight is 332 g/mol.